The normalized spacial score (nSPS) is 10.2. The number of methoxy groups -OCH3 is 3. The van der Waals surface area contributed by atoms with Gasteiger partial charge in [-0.2, -0.15) is 4.98 Å². The minimum atomic E-state index is 0.471. The lowest BCUT2D eigenvalue weighted by Gasteiger charge is -2.11. The maximum absolute atomic E-state index is 5.70. The van der Waals surface area contributed by atoms with Gasteiger partial charge in [0.2, 0.25) is 5.95 Å². The molecule has 3 aromatic rings. The van der Waals surface area contributed by atoms with Gasteiger partial charge in [-0.25, -0.2) is 4.98 Å². The Morgan fingerprint density at radius 3 is 2.31 bits per heavy atom. The molecule has 1 aromatic heterocycles. The predicted molar refractivity (Wildman–Crippen MR) is 112 cm³/mol. The topological polar surface area (TPSA) is 86.8 Å². The molecule has 2 N–H and O–H groups in total. The monoisotopic (exact) mass is 396 g/mol. The average Bonchev–Trinajstić information content (AvgIpc) is 2.77. The number of hydrogen-bond acceptors (Lipinski definition) is 8. The molecule has 0 radical (unpaired) electrons. The first-order valence-corrected chi connectivity index (χ1v) is 9.04. The Hall–Kier alpha value is -3.68. The van der Waals surface area contributed by atoms with Crippen molar-refractivity contribution in [1.82, 2.24) is 9.97 Å². The van der Waals surface area contributed by atoms with Crippen molar-refractivity contribution in [1.29, 1.82) is 0 Å². The van der Waals surface area contributed by atoms with Crippen molar-refractivity contribution in [2.75, 3.05) is 45.1 Å². The molecule has 0 bridgehead atoms. The van der Waals surface area contributed by atoms with Gasteiger partial charge in [-0.05, 0) is 42.5 Å². The van der Waals surface area contributed by atoms with Crippen molar-refractivity contribution in [2.24, 2.45) is 0 Å². The van der Waals surface area contributed by atoms with E-state index in [2.05, 4.69) is 20.6 Å². The lowest BCUT2D eigenvalue weighted by Crippen LogP contribution is -2.13. The highest BCUT2D eigenvalue weighted by atomic mass is 16.5. The smallest absolute Gasteiger partial charge is 0.229 e. The Balaban J connectivity index is 1.52. The number of benzene rings is 2. The van der Waals surface area contributed by atoms with Crippen LogP contribution in [0.5, 0.6) is 23.0 Å². The summed E-state index contributed by atoms with van der Waals surface area (Å²) < 4.78 is 21.4. The SMILES string of the molecule is COc1ccc(OCCNc2ccnc(Nc3ccc(OC)c(OC)c3)n2)cc1. The van der Waals surface area contributed by atoms with Gasteiger partial charge in [0.25, 0.3) is 0 Å². The van der Waals surface area contributed by atoms with Crippen LogP contribution >= 0.6 is 0 Å². The molecule has 152 valence electrons. The third-order valence-corrected chi connectivity index (χ3v) is 4.03. The van der Waals surface area contributed by atoms with Crippen molar-refractivity contribution < 1.29 is 18.9 Å². The predicted octanol–water partition coefficient (Wildman–Crippen LogP) is 3.74. The molecule has 0 saturated carbocycles. The second-order valence-corrected chi connectivity index (χ2v) is 5.91. The van der Waals surface area contributed by atoms with Crippen molar-refractivity contribution in [2.45, 2.75) is 0 Å². The summed E-state index contributed by atoms with van der Waals surface area (Å²) in [5.41, 5.74) is 0.794. The largest absolute Gasteiger partial charge is 0.497 e. The fourth-order valence-corrected chi connectivity index (χ4v) is 2.58. The molecule has 0 saturated heterocycles. The molecule has 0 atom stereocenters. The quantitative estimate of drug-likeness (QED) is 0.501. The first kappa shape index (κ1) is 20.1. The molecule has 1 heterocycles. The van der Waals surface area contributed by atoms with Gasteiger partial charge in [0.1, 0.15) is 23.9 Å². The Kier molecular flexibility index (Phi) is 6.94. The van der Waals surface area contributed by atoms with E-state index in [0.717, 1.165) is 17.2 Å². The van der Waals surface area contributed by atoms with Crippen LogP contribution in [0, 0.1) is 0 Å². The van der Waals surface area contributed by atoms with Gasteiger partial charge < -0.3 is 29.6 Å². The van der Waals surface area contributed by atoms with Gasteiger partial charge in [-0.3, -0.25) is 0 Å². The van der Waals surface area contributed by atoms with E-state index in [-0.39, 0.29) is 0 Å². The second-order valence-electron chi connectivity index (χ2n) is 5.91. The van der Waals surface area contributed by atoms with Gasteiger partial charge in [-0.1, -0.05) is 0 Å². The molecule has 0 fully saturated rings. The van der Waals surface area contributed by atoms with E-state index >= 15 is 0 Å². The summed E-state index contributed by atoms with van der Waals surface area (Å²) in [6.45, 7) is 1.09. The number of hydrogen-bond donors (Lipinski definition) is 2. The van der Waals surface area contributed by atoms with E-state index in [4.69, 9.17) is 18.9 Å². The molecule has 29 heavy (non-hydrogen) atoms. The molecule has 0 aliphatic heterocycles. The maximum Gasteiger partial charge on any atom is 0.229 e. The lowest BCUT2D eigenvalue weighted by molar-refractivity contribution is 0.331. The third kappa shape index (κ3) is 5.65. The number of ether oxygens (including phenoxy) is 4. The zero-order valence-electron chi connectivity index (χ0n) is 16.6. The van der Waals surface area contributed by atoms with Crippen LogP contribution in [0.15, 0.2) is 54.7 Å². The first-order valence-electron chi connectivity index (χ1n) is 9.04. The van der Waals surface area contributed by atoms with E-state index in [0.29, 0.717) is 36.4 Å². The van der Waals surface area contributed by atoms with Crippen LogP contribution < -0.4 is 29.6 Å². The summed E-state index contributed by atoms with van der Waals surface area (Å²) in [4.78, 5) is 8.70. The third-order valence-electron chi connectivity index (χ3n) is 4.03. The highest BCUT2D eigenvalue weighted by molar-refractivity contribution is 5.60. The summed E-state index contributed by atoms with van der Waals surface area (Å²) >= 11 is 0. The van der Waals surface area contributed by atoms with Crippen LogP contribution in [0.3, 0.4) is 0 Å². The van der Waals surface area contributed by atoms with Crippen molar-refractivity contribution >= 4 is 17.5 Å². The highest BCUT2D eigenvalue weighted by Gasteiger charge is 2.06. The molecule has 8 heteroatoms. The van der Waals surface area contributed by atoms with Crippen LogP contribution in [-0.2, 0) is 0 Å². The van der Waals surface area contributed by atoms with E-state index in [9.17, 15) is 0 Å². The minimum Gasteiger partial charge on any atom is -0.497 e. The van der Waals surface area contributed by atoms with Crippen molar-refractivity contribution in [3.8, 4) is 23.0 Å². The Morgan fingerprint density at radius 1 is 0.828 bits per heavy atom. The summed E-state index contributed by atoms with van der Waals surface area (Å²) in [5, 5.41) is 6.38. The van der Waals surface area contributed by atoms with Crippen LogP contribution in [-0.4, -0.2) is 44.4 Å². The first-order chi connectivity index (χ1) is 14.2. The number of nitrogens with one attached hydrogen (secondary N) is 2. The molecule has 0 amide bonds. The minimum absolute atomic E-state index is 0.471. The van der Waals surface area contributed by atoms with Gasteiger partial charge in [-0.15, -0.1) is 0 Å². The number of rotatable bonds is 10. The highest BCUT2D eigenvalue weighted by Crippen LogP contribution is 2.30. The van der Waals surface area contributed by atoms with Gasteiger partial charge >= 0.3 is 0 Å². The molecular formula is C21H24N4O4. The summed E-state index contributed by atoms with van der Waals surface area (Å²) in [6.07, 6.45) is 1.68. The lowest BCUT2D eigenvalue weighted by atomic mass is 10.3. The van der Waals surface area contributed by atoms with Crippen molar-refractivity contribution in [3.63, 3.8) is 0 Å². The molecule has 0 aliphatic rings. The van der Waals surface area contributed by atoms with Crippen LogP contribution in [0.1, 0.15) is 0 Å². The number of anilines is 3. The second kappa shape index (κ2) is 10.0. The van der Waals surface area contributed by atoms with Gasteiger partial charge in [0, 0.05) is 18.0 Å². The molecule has 0 unspecified atom stereocenters. The Morgan fingerprint density at radius 2 is 1.59 bits per heavy atom. The summed E-state index contributed by atoms with van der Waals surface area (Å²) in [5.74, 6) is 4.03. The molecule has 0 aliphatic carbocycles. The summed E-state index contributed by atoms with van der Waals surface area (Å²) in [6, 6.07) is 14.8. The Labute approximate surface area is 169 Å². The fraction of sp³-hybridized carbons (Fsp3) is 0.238. The van der Waals surface area contributed by atoms with Crippen LogP contribution in [0.2, 0.25) is 0 Å². The van der Waals surface area contributed by atoms with Gasteiger partial charge in [0.05, 0.1) is 27.9 Å². The zero-order valence-corrected chi connectivity index (χ0v) is 16.6. The van der Waals surface area contributed by atoms with Crippen LogP contribution in [0.25, 0.3) is 0 Å². The van der Waals surface area contributed by atoms with E-state index in [1.807, 2.05) is 42.5 Å². The van der Waals surface area contributed by atoms with Crippen LogP contribution in [0.4, 0.5) is 17.5 Å². The molecule has 8 nitrogen and oxygen atoms in total. The van der Waals surface area contributed by atoms with E-state index < -0.39 is 0 Å². The number of nitrogens with zero attached hydrogens (tertiary/aromatic N) is 2. The summed E-state index contributed by atoms with van der Waals surface area (Å²) in [7, 11) is 4.83. The fourth-order valence-electron chi connectivity index (χ4n) is 2.58. The zero-order chi connectivity index (χ0) is 20.5. The van der Waals surface area contributed by atoms with E-state index in [1.54, 1.807) is 33.6 Å². The number of aromatic nitrogens is 2. The van der Waals surface area contributed by atoms with E-state index in [1.165, 1.54) is 0 Å². The maximum atomic E-state index is 5.70. The molecule has 3 rings (SSSR count). The van der Waals surface area contributed by atoms with Gasteiger partial charge in [0.15, 0.2) is 11.5 Å². The Bertz CT molecular complexity index is 919. The molecule has 0 spiro atoms. The van der Waals surface area contributed by atoms with Crippen molar-refractivity contribution in [3.05, 3.63) is 54.7 Å². The standard InChI is InChI=1S/C21H24N4O4/c1-26-16-5-7-17(8-6-16)29-13-12-22-20-10-11-23-21(25-20)24-15-4-9-18(27-2)19(14-15)28-3/h4-11,14H,12-13H2,1-3H3,(H2,22,23,24,25). The molecule has 2 aromatic carbocycles. The average molecular weight is 396 g/mol. The molecular weight excluding hydrogens is 372 g/mol.